The third-order valence-electron chi connectivity index (χ3n) is 8.60. The first-order chi connectivity index (χ1) is 10.4. The highest BCUT2D eigenvalue weighted by Gasteiger charge is 2.61. The summed E-state index contributed by atoms with van der Waals surface area (Å²) in [6, 6.07) is 0. The van der Waals surface area contributed by atoms with Crippen molar-refractivity contribution in [3.8, 4) is 0 Å². The van der Waals surface area contributed by atoms with Crippen LogP contribution in [0.2, 0.25) is 0 Å². The maximum atomic E-state index is 10.8. The molecule has 3 N–H and O–H groups in total. The summed E-state index contributed by atoms with van der Waals surface area (Å²) in [5, 5.41) is 31.4. The quantitative estimate of drug-likeness (QED) is 0.645. The van der Waals surface area contributed by atoms with Crippen molar-refractivity contribution in [2.75, 3.05) is 0 Å². The fourth-order valence-electron chi connectivity index (χ4n) is 7.25. The first-order valence-corrected chi connectivity index (χ1v) is 9.40. The van der Waals surface area contributed by atoms with Crippen molar-refractivity contribution in [2.24, 2.45) is 34.5 Å². The zero-order valence-electron chi connectivity index (χ0n) is 14.0. The van der Waals surface area contributed by atoms with Crippen molar-refractivity contribution in [1.29, 1.82) is 0 Å². The highest BCUT2D eigenvalue weighted by atomic mass is 16.3. The van der Waals surface area contributed by atoms with Gasteiger partial charge in [0.15, 0.2) is 0 Å². The van der Waals surface area contributed by atoms with Crippen molar-refractivity contribution < 1.29 is 15.3 Å². The summed E-state index contributed by atoms with van der Waals surface area (Å²) in [5.41, 5.74) is 0.273. The van der Waals surface area contributed by atoms with Crippen molar-refractivity contribution in [2.45, 2.75) is 83.5 Å². The molecule has 4 saturated carbocycles. The summed E-state index contributed by atoms with van der Waals surface area (Å²) >= 11 is 0. The molecule has 3 heteroatoms. The van der Waals surface area contributed by atoms with Crippen molar-refractivity contribution >= 4 is 0 Å². The number of hydrogen-bond acceptors (Lipinski definition) is 3. The molecule has 22 heavy (non-hydrogen) atoms. The lowest BCUT2D eigenvalue weighted by atomic mass is 9.44. The van der Waals surface area contributed by atoms with Crippen LogP contribution < -0.4 is 0 Å². The van der Waals surface area contributed by atoms with Crippen LogP contribution in [0, 0.1) is 34.5 Å². The summed E-state index contributed by atoms with van der Waals surface area (Å²) in [4.78, 5) is 0. The Morgan fingerprint density at radius 2 is 1.41 bits per heavy atom. The minimum absolute atomic E-state index is 0.0816. The van der Waals surface area contributed by atoms with Crippen LogP contribution in [0.1, 0.15) is 65.2 Å². The third-order valence-corrected chi connectivity index (χ3v) is 8.60. The summed E-state index contributed by atoms with van der Waals surface area (Å²) in [6.07, 6.45) is 7.42. The van der Waals surface area contributed by atoms with Crippen LogP contribution in [0.4, 0.5) is 0 Å². The number of rotatable bonds is 0. The lowest BCUT2D eigenvalue weighted by Gasteiger charge is -2.61. The molecule has 0 amide bonds. The first-order valence-electron chi connectivity index (χ1n) is 9.40. The summed E-state index contributed by atoms with van der Waals surface area (Å²) < 4.78 is 0. The Kier molecular flexibility index (Phi) is 3.46. The van der Waals surface area contributed by atoms with Crippen LogP contribution in [0.15, 0.2) is 0 Å². The Bertz CT molecular complexity index is 452. The number of fused-ring (bicyclic) bond motifs is 5. The molecule has 3 nitrogen and oxygen atoms in total. The van der Waals surface area contributed by atoms with Gasteiger partial charge in [0.05, 0.1) is 18.3 Å². The molecule has 126 valence electrons. The van der Waals surface area contributed by atoms with Gasteiger partial charge in [0.25, 0.3) is 0 Å². The molecule has 7 unspecified atom stereocenters. The first kappa shape index (κ1) is 15.4. The standard InChI is InChI=1S/C19H32O3/c1-18-7-5-11(20)9-15(18)16(21)10-12-13-3-4-17(22)19(13,2)8-6-14(12)18/h11-17,20-22H,3-10H2,1-2H3/t11?,12?,13?,14?,15?,16?,17?,18-,19+/m1/s1. The number of hydrogen-bond donors (Lipinski definition) is 3. The van der Waals surface area contributed by atoms with E-state index in [-0.39, 0.29) is 35.1 Å². The minimum atomic E-state index is -0.263. The Morgan fingerprint density at radius 1 is 0.727 bits per heavy atom. The molecule has 4 aliphatic carbocycles. The Hall–Kier alpha value is -0.120. The molecule has 0 saturated heterocycles. The maximum absolute atomic E-state index is 10.8. The van der Waals surface area contributed by atoms with Crippen molar-refractivity contribution in [3.63, 3.8) is 0 Å². The van der Waals surface area contributed by atoms with Gasteiger partial charge < -0.3 is 15.3 Å². The van der Waals surface area contributed by atoms with Gasteiger partial charge in [-0.05, 0) is 85.9 Å². The molecule has 0 aliphatic heterocycles. The second-order valence-electron chi connectivity index (χ2n) is 9.36. The smallest absolute Gasteiger partial charge is 0.0596 e. The average Bonchev–Trinajstić information content (AvgIpc) is 2.77. The molecule has 0 bridgehead atoms. The summed E-state index contributed by atoms with van der Waals surface area (Å²) in [6.45, 7) is 4.68. The maximum Gasteiger partial charge on any atom is 0.0596 e. The topological polar surface area (TPSA) is 60.7 Å². The lowest BCUT2D eigenvalue weighted by Crippen LogP contribution is -2.58. The second-order valence-corrected chi connectivity index (χ2v) is 9.36. The lowest BCUT2D eigenvalue weighted by molar-refractivity contribution is -0.174. The average molecular weight is 308 g/mol. The van der Waals surface area contributed by atoms with Gasteiger partial charge in [-0.15, -0.1) is 0 Å². The van der Waals surface area contributed by atoms with Gasteiger partial charge in [0.2, 0.25) is 0 Å². The molecule has 9 atom stereocenters. The van der Waals surface area contributed by atoms with E-state index in [4.69, 9.17) is 0 Å². The largest absolute Gasteiger partial charge is 0.393 e. The van der Waals surface area contributed by atoms with Crippen molar-refractivity contribution in [3.05, 3.63) is 0 Å². The van der Waals surface area contributed by atoms with E-state index in [0.717, 1.165) is 44.9 Å². The van der Waals surface area contributed by atoms with Crippen molar-refractivity contribution in [1.82, 2.24) is 0 Å². The molecule has 0 aromatic heterocycles. The molecule has 0 spiro atoms. The van der Waals surface area contributed by atoms with Gasteiger partial charge in [0, 0.05) is 0 Å². The van der Waals surface area contributed by atoms with Gasteiger partial charge in [0.1, 0.15) is 0 Å². The van der Waals surface area contributed by atoms with E-state index in [1.54, 1.807) is 0 Å². The van der Waals surface area contributed by atoms with Gasteiger partial charge in [-0.25, -0.2) is 0 Å². The van der Waals surface area contributed by atoms with E-state index in [1.807, 2.05) is 0 Å². The predicted octanol–water partition coefficient (Wildman–Crippen LogP) is 2.72. The van der Waals surface area contributed by atoms with Gasteiger partial charge in [-0.2, -0.15) is 0 Å². The van der Waals surface area contributed by atoms with Crippen LogP contribution >= 0.6 is 0 Å². The summed E-state index contributed by atoms with van der Waals surface area (Å²) in [5.74, 6) is 2.10. The summed E-state index contributed by atoms with van der Waals surface area (Å²) in [7, 11) is 0. The Labute approximate surface area is 134 Å². The fraction of sp³-hybridized carbons (Fsp3) is 1.00. The normalized spacial score (nSPS) is 61.2. The van der Waals surface area contributed by atoms with E-state index < -0.39 is 0 Å². The van der Waals surface area contributed by atoms with Gasteiger partial charge >= 0.3 is 0 Å². The molecular formula is C19H32O3. The SMILES string of the molecule is C[C@]12CCC(O)CC1C(O)CC1C2CC[C@]2(C)C(O)CCC12. The zero-order chi connectivity index (χ0) is 15.7. The highest BCUT2D eigenvalue weighted by molar-refractivity contribution is 5.11. The highest BCUT2D eigenvalue weighted by Crippen LogP contribution is 2.66. The van der Waals surface area contributed by atoms with E-state index in [2.05, 4.69) is 13.8 Å². The Morgan fingerprint density at radius 3 is 2.18 bits per heavy atom. The van der Waals surface area contributed by atoms with Crippen LogP contribution in [-0.2, 0) is 0 Å². The monoisotopic (exact) mass is 308 g/mol. The van der Waals surface area contributed by atoms with Crippen LogP contribution in [-0.4, -0.2) is 33.6 Å². The van der Waals surface area contributed by atoms with E-state index in [0.29, 0.717) is 17.8 Å². The van der Waals surface area contributed by atoms with E-state index >= 15 is 0 Å². The predicted molar refractivity (Wildman–Crippen MR) is 85.1 cm³/mol. The molecule has 0 aromatic carbocycles. The second kappa shape index (κ2) is 4.94. The van der Waals surface area contributed by atoms with E-state index in [1.165, 1.54) is 6.42 Å². The number of aliphatic hydroxyl groups excluding tert-OH is 3. The van der Waals surface area contributed by atoms with Crippen LogP contribution in [0.5, 0.6) is 0 Å². The molecule has 0 radical (unpaired) electrons. The minimum Gasteiger partial charge on any atom is -0.393 e. The van der Waals surface area contributed by atoms with Gasteiger partial charge in [-0.1, -0.05) is 13.8 Å². The third kappa shape index (κ3) is 1.91. The molecular weight excluding hydrogens is 276 g/mol. The molecule has 4 fully saturated rings. The van der Waals surface area contributed by atoms with Crippen LogP contribution in [0.3, 0.4) is 0 Å². The molecule has 4 rings (SSSR count). The van der Waals surface area contributed by atoms with Gasteiger partial charge in [-0.3, -0.25) is 0 Å². The molecule has 0 aromatic rings. The fourth-order valence-corrected chi connectivity index (χ4v) is 7.25. The number of aliphatic hydroxyl groups is 3. The molecule has 4 aliphatic rings. The molecule has 0 heterocycles. The van der Waals surface area contributed by atoms with Crippen LogP contribution in [0.25, 0.3) is 0 Å². The zero-order valence-corrected chi connectivity index (χ0v) is 14.0. The Balaban J connectivity index is 1.66. The van der Waals surface area contributed by atoms with E-state index in [9.17, 15) is 15.3 Å².